The maximum absolute atomic E-state index is 13.7. The predicted octanol–water partition coefficient (Wildman–Crippen LogP) is -0.0361. The summed E-state index contributed by atoms with van der Waals surface area (Å²) in [5.41, 5.74) is 0.628. The van der Waals surface area contributed by atoms with Crippen LogP contribution in [0.5, 0.6) is 0 Å². The third kappa shape index (κ3) is 8.69. The van der Waals surface area contributed by atoms with Crippen molar-refractivity contribution in [1.29, 1.82) is 0 Å². The number of carbonyl (C=O) groups is 2. The Hall–Kier alpha value is -1.76. The lowest BCUT2D eigenvalue weighted by Crippen LogP contribution is -2.66. The maximum Gasteiger partial charge on any atom is 0.367 e. The Labute approximate surface area is 379 Å². The Kier molecular flexibility index (Phi) is 14.4. The predicted molar refractivity (Wildman–Crippen MR) is 222 cm³/mol. The van der Waals surface area contributed by atoms with Crippen LogP contribution in [0.4, 0.5) is 0 Å². The van der Waals surface area contributed by atoms with Crippen LogP contribution in [0.1, 0.15) is 92.9 Å². The number of carbonyl (C=O) groups excluding carboxylic acids is 2. The summed E-state index contributed by atoms with van der Waals surface area (Å²) in [5, 5.41) is 85.9. The highest BCUT2D eigenvalue weighted by Crippen LogP contribution is 2.67. The van der Waals surface area contributed by atoms with E-state index in [1.165, 1.54) is 26.5 Å². The second-order valence-corrected chi connectivity index (χ2v) is 20.9. The molecule has 0 unspecified atom stereocenters. The van der Waals surface area contributed by atoms with Gasteiger partial charge in [-0.15, -0.1) is 0 Å². The number of ketones is 1. The molecule has 8 aliphatic rings. The maximum atomic E-state index is 13.7. The van der Waals surface area contributed by atoms with Gasteiger partial charge < -0.3 is 83.5 Å². The molecule has 65 heavy (non-hydrogen) atoms. The molecule has 19 heteroatoms. The molecule has 0 bridgehead atoms. The van der Waals surface area contributed by atoms with Gasteiger partial charge >= 0.3 is 5.97 Å². The minimum Gasteiger partial charge on any atom is -0.458 e. The Bertz CT molecular complexity index is 1750. The molecule has 7 fully saturated rings. The second-order valence-electron chi connectivity index (χ2n) is 20.9. The summed E-state index contributed by atoms with van der Waals surface area (Å²) in [6, 6.07) is 0. The fourth-order valence-corrected chi connectivity index (χ4v) is 13.2. The minimum absolute atomic E-state index is 0.00831. The van der Waals surface area contributed by atoms with Gasteiger partial charge in [-0.25, -0.2) is 4.79 Å². The van der Waals surface area contributed by atoms with Crippen molar-refractivity contribution in [2.75, 3.05) is 20.3 Å². The zero-order valence-corrected chi connectivity index (χ0v) is 38.4. The molecule has 0 aromatic carbocycles. The van der Waals surface area contributed by atoms with E-state index in [2.05, 4.69) is 19.9 Å². The van der Waals surface area contributed by atoms with Gasteiger partial charge in [0.05, 0.1) is 37.4 Å². The lowest BCUT2D eigenvalue weighted by molar-refractivity contribution is -0.388. The number of aliphatic hydroxyl groups excluding tert-OH is 8. The number of hydrogen-bond acceptors (Lipinski definition) is 19. The molecule has 4 aliphatic heterocycles. The van der Waals surface area contributed by atoms with Crippen molar-refractivity contribution in [3.63, 3.8) is 0 Å². The molecule has 0 amide bonds. The summed E-state index contributed by atoms with van der Waals surface area (Å²) in [4.78, 5) is 27.2. The van der Waals surface area contributed by atoms with Crippen molar-refractivity contribution >= 4 is 11.8 Å². The van der Waals surface area contributed by atoms with Crippen LogP contribution in [-0.4, -0.2) is 183 Å². The van der Waals surface area contributed by atoms with E-state index in [0.29, 0.717) is 32.3 Å². The fourth-order valence-electron chi connectivity index (χ4n) is 13.2. The molecular formula is C46H72O19. The molecule has 4 saturated heterocycles. The molecule has 0 spiro atoms. The van der Waals surface area contributed by atoms with Crippen molar-refractivity contribution in [1.82, 2.24) is 0 Å². The number of esters is 1. The number of ether oxygens (including phenoxy) is 9. The number of rotatable bonds is 11. The fraction of sp³-hybridized carbons (Fsp3) is 0.913. The lowest BCUT2D eigenvalue weighted by Gasteiger charge is -2.58. The van der Waals surface area contributed by atoms with Gasteiger partial charge in [-0.1, -0.05) is 32.4 Å². The molecular weight excluding hydrogens is 856 g/mol. The Balaban J connectivity index is 0.999. The first-order chi connectivity index (χ1) is 30.7. The molecule has 8 N–H and O–H groups in total. The van der Waals surface area contributed by atoms with E-state index >= 15 is 0 Å². The van der Waals surface area contributed by atoms with Gasteiger partial charge in [-0.3, -0.25) is 4.79 Å². The first-order valence-electron chi connectivity index (χ1n) is 23.6. The molecule has 370 valence electrons. The van der Waals surface area contributed by atoms with Crippen molar-refractivity contribution in [3.05, 3.63) is 11.6 Å². The van der Waals surface area contributed by atoms with Crippen LogP contribution in [0, 0.1) is 40.4 Å². The van der Waals surface area contributed by atoms with Crippen LogP contribution < -0.4 is 0 Å². The largest absolute Gasteiger partial charge is 0.458 e. The van der Waals surface area contributed by atoms with Crippen molar-refractivity contribution in [2.24, 2.45) is 40.4 Å². The van der Waals surface area contributed by atoms with E-state index in [9.17, 15) is 50.4 Å². The number of Topliss-reactive ketones (excluding diaryl/α,β-unsaturated/α-hetero) is 1. The molecule has 0 radical (unpaired) electrons. The number of hydrogen-bond donors (Lipinski definition) is 8. The lowest BCUT2D eigenvalue weighted by atomic mass is 9.47. The summed E-state index contributed by atoms with van der Waals surface area (Å²) >= 11 is 0. The van der Waals surface area contributed by atoms with E-state index in [1.54, 1.807) is 6.92 Å². The summed E-state index contributed by atoms with van der Waals surface area (Å²) < 4.78 is 54.1. The van der Waals surface area contributed by atoms with Crippen molar-refractivity contribution in [3.8, 4) is 0 Å². The molecule has 4 aliphatic carbocycles. The van der Waals surface area contributed by atoms with Gasteiger partial charge in [0.2, 0.25) is 0 Å². The van der Waals surface area contributed by atoms with Gasteiger partial charge in [0.15, 0.2) is 18.9 Å². The summed E-state index contributed by atoms with van der Waals surface area (Å²) in [6.45, 7) is 10.7. The van der Waals surface area contributed by atoms with Crippen molar-refractivity contribution < 1.29 is 93.1 Å². The monoisotopic (exact) mass is 928 g/mol. The molecule has 4 heterocycles. The number of allylic oxidation sites excluding steroid dienone is 1. The third-order valence-electron chi connectivity index (χ3n) is 16.9. The van der Waals surface area contributed by atoms with Crippen molar-refractivity contribution in [2.45, 2.75) is 203 Å². The second kappa shape index (κ2) is 18.9. The Morgan fingerprint density at radius 3 is 1.97 bits per heavy atom. The third-order valence-corrected chi connectivity index (χ3v) is 16.9. The van der Waals surface area contributed by atoms with Crippen LogP contribution in [-0.2, 0) is 52.2 Å². The van der Waals surface area contributed by atoms with Crippen LogP contribution in [0.25, 0.3) is 0 Å². The molecule has 0 aromatic heterocycles. The zero-order chi connectivity index (χ0) is 47.1. The van der Waals surface area contributed by atoms with Crippen LogP contribution in [0.3, 0.4) is 0 Å². The molecule has 19 nitrogen and oxygen atoms in total. The van der Waals surface area contributed by atoms with Crippen LogP contribution in [0.15, 0.2) is 11.6 Å². The van der Waals surface area contributed by atoms with Gasteiger partial charge in [-0.05, 0) is 100 Å². The number of fused-ring (bicyclic) bond motifs is 5. The smallest absolute Gasteiger partial charge is 0.367 e. The van der Waals surface area contributed by atoms with Gasteiger partial charge in [0, 0.05) is 13.5 Å². The Morgan fingerprint density at radius 2 is 1.40 bits per heavy atom. The van der Waals surface area contributed by atoms with Crippen LogP contribution in [0.2, 0.25) is 0 Å². The van der Waals surface area contributed by atoms with Crippen LogP contribution >= 0.6 is 0 Å². The average Bonchev–Trinajstić information content (AvgIpc) is 3.81. The number of aliphatic hydroxyl groups is 8. The van der Waals surface area contributed by atoms with E-state index < -0.39 is 129 Å². The number of methoxy groups -OCH3 is 1. The zero-order valence-electron chi connectivity index (χ0n) is 38.4. The molecule has 3 saturated carbocycles. The molecule has 25 atom stereocenters. The van der Waals surface area contributed by atoms with Gasteiger partial charge in [-0.2, -0.15) is 0 Å². The average molecular weight is 929 g/mol. The molecule has 0 aromatic rings. The highest BCUT2D eigenvalue weighted by Gasteiger charge is 2.64. The van der Waals surface area contributed by atoms with E-state index in [0.717, 1.165) is 25.7 Å². The molecule has 8 rings (SSSR count). The van der Waals surface area contributed by atoms with Gasteiger partial charge in [0.25, 0.3) is 5.79 Å². The standard InChI is InChI=1S/C46H72O19/c1-19-16-46(57-7,58-18-19)43(56)63-28-15-27-25-9-8-23-14-24(10-12-44(23,5)26(25)11-13-45(27,6)30(28)20(2)48)61-42-39(65-41-36(54)34(52)32(50)22(4)60-41)37(55)38(29(17-47)62-42)64-40-35(53)33(51)31(49)21(3)59-40/h8,19,21-22,24-42,47,49-55H,9-18H2,1-7H3/t19-,21-,22-,24-,25+,26-,27-,28-,29+,30-,31-,32-,33+,34+,35+,36+,37-,38+,39+,40-,41-,42+,44-,45-,46+/m0/s1. The minimum atomic E-state index is -1.75. The van der Waals surface area contributed by atoms with Gasteiger partial charge in [0.1, 0.15) is 72.9 Å². The first-order valence-corrected chi connectivity index (χ1v) is 23.6. The van der Waals surface area contributed by atoms with E-state index in [1.807, 2.05) is 6.92 Å². The topological polar surface area (TPSA) is 279 Å². The van der Waals surface area contributed by atoms with E-state index in [4.69, 9.17) is 42.6 Å². The Morgan fingerprint density at radius 1 is 0.769 bits per heavy atom. The summed E-state index contributed by atoms with van der Waals surface area (Å²) in [7, 11) is 1.45. The highest BCUT2D eigenvalue weighted by atomic mass is 16.8. The summed E-state index contributed by atoms with van der Waals surface area (Å²) in [6.07, 6.45) is -15.7. The van der Waals surface area contributed by atoms with E-state index in [-0.39, 0.29) is 40.3 Å². The SMILES string of the molecule is CO[C@]1(C(=O)O[C@H]2C[C@H]3[C@@H]4CC=C5C[C@@H](O[C@@H]6O[C@H](CO)[C@@H](O[C@@H]7O[C@@H](C)[C@H](O)[C@@H](O)[C@H]7O)[C@H](O)[C@H]6O[C@@H]6O[C@@H](C)[C@H](O)[C@@H](O)[C@H]6O)CC[C@]5(C)[C@H]4CC[C@]3(C)[C@H]2C(C)=O)C[C@H](C)CO1. The highest BCUT2D eigenvalue weighted by molar-refractivity contribution is 5.82. The summed E-state index contributed by atoms with van der Waals surface area (Å²) in [5.74, 6) is -1.75. The first kappa shape index (κ1) is 49.7. The quantitative estimate of drug-likeness (QED) is 0.0998. The normalized spacial score (nSPS) is 53.4.